The van der Waals surface area contributed by atoms with E-state index in [9.17, 15) is 0 Å². The van der Waals surface area contributed by atoms with Crippen LogP contribution < -0.4 is 10.4 Å². The smallest absolute Gasteiger partial charge is 0.0355 e. The predicted octanol–water partition coefficient (Wildman–Crippen LogP) is 11.6. The second kappa shape index (κ2) is 10.4. The topological polar surface area (TPSA) is 0 Å². The minimum absolute atomic E-state index is 0.291. The summed E-state index contributed by atoms with van der Waals surface area (Å²) in [6.07, 6.45) is 7.27. The molecule has 1 aromatic heterocycles. The van der Waals surface area contributed by atoms with Gasteiger partial charge < -0.3 is 0 Å². The van der Waals surface area contributed by atoms with Crippen LogP contribution in [0.4, 0.5) is 0 Å². The lowest BCUT2D eigenvalue weighted by molar-refractivity contribution is 0.734. The van der Waals surface area contributed by atoms with Gasteiger partial charge in [-0.3, -0.25) is 0 Å². The van der Waals surface area contributed by atoms with Crippen LogP contribution in [-0.4, -0.2) is 0 Å². The van der Waals surface area contributed by atoms with Crippen molar-refractivity contribution < 1.29 is 0 Å². The highest BCUT2D eigenvalue weighted by Gasteiger charge is 2.31. The van der Waals surface area contributed by atoms with E-state index in [0.29, 0.717) is 11.8 Å². The van der Waals surface area contributed by atoms with Crippen molar-refractivity contribution >= 4 is 81.6 Å². The Kier molecular flexibility index (Phi) is 5.76. The molecule has 0 saturated heterocycles. The SMILES string of the molecule is C1=CC2C(c3ccc4sc5ccc(-c6c7ccccc7cc7c6ccc6ccccc67)cc5c4c3)=c3ccccc3=CC2c2ccccc21. The molecule has 0 nitrogen and oxygen atoms in total. The van der Waals surface area contributed by atoms with E-state index >= 15 is 0 Å². The van der Waals surface area contributed by atoms with Crippen LogP contribution >= 0.6 is 11.3 Å². The number of rotatable bonds is 2. The molecule has 2 unspecified atom stereocenters. The standard InChI is InChI=1S/C48H30S/c1-5-13-35-29(9-1)17-21-39-41(35)25-31-11-3-7-15-37(31)47(39)33-19-23-45-43(27-33)44-28-34(20-24-46(44)49-45)48-38-16-8-4-12-32(38)26-42-36-14-6-2-10-30(36)18-22-40(42)48/h1-28,39,41H. The van der Waals surface area contributed by atoms with Gasteiger partial charge in [0.2, 0.25) is 0 Å². The maximum absolute atomic E-state index is 2.49. The first kappa shape index (κ1) is 27.2. The summed E-state index contributed by atoms with van der Waals surface area (Å²) >= 11 is 1.90. The van der Waals surface area contributed by atoms with Gasteiger partial charge in [0.05, 0.1) is 0 Å². The van der Waals surface area contributed by atoms with Gasteiger partial charge in [-0.25, -0.2) is 0 Å². The number of allylic oxidation sites excluding steroid dienone is 1. The first-order valence-corrected chi connectivity index (χ1v) is 18.0. The lowest BCUT2D eigenvalue weighted by atomic mass is 9.71. The summed E-state index contributed by atoms with van der Waals surface area (Å²) in [5.41, 5.74) is 8.09. The van der Waals surface area contributed by atoms with Crippen LogP contribution in [0.25, 0.3) is 81.3 Å². The molecule has 49 heavy (non-hydrogen) atoms. The molecule has 2 aliphatic rings. The van der Waals surface area contributed by atoms with Gasteiger partial charge in [0.25, 0.3) is 0 Å². The van der Waals surface area contributed by atoms with Crippen molar-refractivity contribution in [3.8, 4) is 11.1 Å². The lowest BCUT2D eigenvalue weighted by Gasteiger charge is -2.32. The Hall–Kier alpha value is -5.76. The van der Waals surface area contributed by atoms with Gasteiger partial charge in [-0.2, -0.15) is 0 Å². The Morgan fingerprint density at radius 1 is 0.449 bits per heavy atom. The maximum atomic E-state index is 2.49. The molecule has 1 heterocycles. The van der Waals surface area contributed by atoms with Gasteiger partial charge in [0.15, 0.2) is 0 Å². The van der Waals surface area contributed by atoms with Gasteiger partial charge in [0.1, 0.15) is 0 Å². The Morgan fingerprint density at radius 3 is 2.06 bits per heavy atom. The van der Waals surface area contributed by atoms with Crippen LogP contribution in [0.3, 0.4) is 0 Å². The van der Waals surface area contributed by atoms with Gasteiger partial charge in [-0.15, -0.1) is 11.3 Å². The van der Waals surface area contributed by atoms with Crippen LogP contribution in [0.1, 0.15) is 22.6 Å². The molecule has 0 fully saturated rings. The van der Waals surface area contributed by atoms with Gasteiger partial charge in [0, 0.05) is 32.0 Å². The summed E-state index contributed by atoms with van der Waals surface area (Å²) in [5, 5.41) is 13.1. The number of hydrogen-bond donors (Lipinski definition) is 0. The minimum atomic E-state index is 0.291. The first-order valence-electron chi connectivity index (χ1n) is 17.2. The fourth-order valence-electron chi connectivity index (χ4n) is 8.80. The molecular formula is C48H30S. The molecule has 8 aromatic carbocycles. The molecule has 0 saturated carbocycles. The van der Waals surface area contributed by atoms with Crippen LogP contribution in [0, 0.1) is 5.92 Å². The average Bonchev–Trinajstić information content (AvgIpc) is 3.53. The quantitative estimate of drug-likeness (QED) is 0.131. The normalized spacial score (nSPS) is 16.6. The highest BCUT2D eigenvalue weighted by molar-refractivity contribution is 7.25. The van der Waals surface area contributed by atoms with Crippen molar-refractivity contribution in [3.63, 3.8) is 0 Å². The number of thiophene rings is 1. The third-order valence-electron chi connectivity index (χ3n) is 11.0. The van der Waals surface area contributed by atoms with Crippen molar-refractivity contribution in [1.29, 1.82) is 0 Å². The molecule has 0 N–H and O–H groups in total. The zero-order valence-electron chi connectivity index (χ0n) is 26.7. The highest BCUT2D eigenvalue weighted by atomic mass is 32.1. The zero-order chi connectivity index (χ0) is 32.1. The van der Waals surface area contributed by atoms with E-state index < -0.39 is 0 Å². The first-order chi connectivity index (χ1) is 24.3. The molecule has 0 radical (unpaired) electrons. The number of hydrogen-bond acceptors (Lipinski definition) is 1. The predicted molar refractivity (Wildman–Crippen MR) is 212 cm³/mol. The Bertz CT molecular complexity index is 3010. The molecule has 0 aliphatic heterocycles. The fraction of sp³-hybridized carbons (Fsp3) is 0.0417. The van der Waals surface area contributed by atoms with Crippen molar-refractivity contribution in [2.24, 2.45) is 5.92 Å². The molecule has 2 atom stereocenters. The minimum Gasteiger partial charge on any atom is -0.135 e. The monoisotopic (exact) mass is 638 g/mol. The summed E-state index contributed by atoms with van der Waals surface area (Å²) in [5.74, 6) is 0.614. The van der Waals surface area contributed by atoms with E-state index in [1.807, 2.05) is 11.3 Å². The molecule has 2 aliphatic carbocycles. The molecule has 0 amide bonds. The summed E-state index contributed by atoms with van der Waals surface area (Å²) < 4.78 is 2.67. The Morgan fingerprint density at radius 2 is 1.16 bits per heavy atom. The zero-order valence-corrected chi connectivity index (χ0v) is 27.5. The van der Waals surface area contributed by atoms with E-state index in [1.165, 1.54) is 96.3 Å². The van der Waals surface area contributed by atoms with Gasteiger partial charge >= 0.3 is 0 Å². The average molecular weight is 639 g/mol. The molecule has 11 rings (SSSR count). The van der Waals surface area contributed by atoms with Crippen LogP contribution in [0.2, 0.25) is 0 Å². The molecule has 9 aromatic rings. The fourth-order valence-corrected chi connectivity index (χ4v) is 9.86. The third-order valence-corrected chi connectivity index (χ3v) is 12.2. The molecule has 0 bridgehead atoms. The number of fused-ring (bicyclic) bond motifs is 11. The van der Waals surface area contributed by atoms with Crippen molar-refractivity contribution in [2.75, 3.05) is 0 Å². The highest BCUT2D eigenvalue weighted by Crippen LogP contribution is 2.45. The Labute approximate surface area is 288 Å². The lowest BCUT2D eigenvalue weighted by Crippen LogP contribution is -2.36. The summed E-state index contributed by atoms with van der Waals surface area (Å²) in [4.78, 5) is 0. The molecule has 0 spiro atoms. The summed E-state index contributed by atoms with van der Waals surface area (Å²) in [6, 6.07) is 56.8. The van der Waals surface area contributed by atoms with Gasteiger partial charge in [-0.05, 0) is 106 Å². The third kappa shape index (κ3) is 4.03. The van der Waals surface area contributed by atoms with E-state index in [4.69, 9.17) is 0 Å². The van der Waals surface area contributed by atoms with E-state index in [-0.39, 0.29) is 0 Å². The van der Waals surface area contributed by atoms with Crippen molar-refractivity contribution in [1.82, 2.24) is 0 Å². The van der Waals surface area contributed by atoms with E-state index in [2.05, 4.69) is 170 Å². The van der Waals surface area contributed by atoms with Crippen molar-refractivity contribution in [3.05, 3.63) is 185 Å². The molecular weight excluding hydrogens is 609 g/mol. The Balaban J connectivity index is 1.15. The van der Waals surface area contributed by atoms with E-state index in [0.717, 1.165) is 0 Å². The van der Waals surface area contributed by atoms with Gasteiger partial charge in [-0.1, -0.05) is 140 Å². The van der Waals surface area contributed by atoms with Crippen molar-refractivity contribution in [2.45, 2.75) is 5.92 Å². The van der Waals surface area contributed by atoms with Crippen LogP contribution in [0.5, 0.6) is 0 Å². The largest absolute Gasteiger partial charge is 0.135 e. The maximum Gasteiger partial charge on any atom is 0.0355 e. The van der Waals surface area contributed by atoms with Crippen LogP contribution in [0.15, 0.2) is 158 Å². The second-order valence-corrected chi connectivity index (χ2v) is 14.7. The summed E-state index contributed by atoms with van der Waals surface area (Å²) in [7, 11) is 0. The van der Waals surface area contributed by atoms with E-state index in [1.54, 1.807) is 0 Å². The molecule has 228 valence electrons. The second-order valence-electron chi connectivity index (χ2n) is 13.6. The molecule has 1 heteroatoms. The summed E-state index contributed by atoms with van der Waals surface area (Å²) in [6.45, 7) is 0. The number of benzene rings is 8. The van der Waals surface area contributed by atoms with Crippen LogP contribution in [-0.2, 0) is 0 Å².